The SMILES string of the molecule is Cl.Clc1ccc([C@@H]2CNCCN2)c(Cl)n1. The van der Waals surface area contributed by atoms with Gasteiger partial charge in [0.25, 0.3) is 0 Å². The molecule has 3 nitrogen and oxygen atoms in total. The summed E-state index contributed by atoms with van der Waals surface area (Å²) in [7, 11) is 0. The molecule has 0 radical (unpaired) electrons. The molecule has 0 aromatic carbocycles. The van der Waals surface area contributed by atoms with E-state index in [-0.39, 0.29) is 18.4 Å². The van der Waals surface area contributed by atoms with Gasteiger partial charge in [0, 0.05) is 31.2 Å². The fourth-order valence-electron chi connectivity index (χ4n) is 1.56. The molecule has 0 saturated carbocycles. The topological polar surface area (TPSA) is 37.0 Å². The number of aromatic nitrogens is 1. The van der Waals surface area contributed by atoms with Gasteiger partial charge in [-0.15, -0.1) is 12.4 Å². The van der Waals surface area contributed by atoms with Crippen molar-refractivity contribution in [2.75, 3.05) is 19.6 Å². The van der Waals surface area contributed by atoms with E-state index in [0.29, 0.717) is 10.3 Å². The van der Waals surface area contributed by atoms with E-state index in [0.717, 1.165) is 25.2 Å². The summed E-state index contributed by atoms with van der Waals surface area (Å²) in [6.45, 7) is 2.82. The number of nitrogens with one attached hydrogen (secondary N) is 2. The second kappa shape index (κ2) is 5.87. The Morgan fingerprint density at radius 3 is 2.67 bits per heavy atom. The third-order valence-corrected chi connectivity index (χ3v) is 2.77. The summed E-state index contributed by atoms with van der Waals surface area (Å²) in [5.41, 5.74) is 1.00. The molecule has 0 amide bonds. The van der Waals surface area contributed by atoms with Crippen molar-refractivity contribution in [1.82, 2.24) is 15.6 Å². The van der Waals surface area contributed by atoms with Gasteiger partial charge in [0.05, 0.1) is 0 Å². The number of piperazine rings is 1. The molecule has 1 saturated heterocycles. The van der Waals surface area contributed by atoms with E-state index in [2.05, 4.69) is 15.6 Å². The smallest absolute Gasteiger partial charge is 0.135 e. The van der Waals surface area contributed by atoms with Crippen LogP contribution in [0.3, 0.4) is 0 Å². The minimum Gasteiger partial charge on any atom is -0.314 e. The number of hydrogen-bond acceptors (Lipinski definition) is 3. The van der Waals surface area contributed by atoms with Crippen molar-refractivity contribution in [1.29, 1.82) is 0 Å². The predicted octanol–water partition coefficient (Wildman–Crippen LogP) is 2.04. The Hall–Kier alpha value is -0.0600. The van der Waals surface area contributed by atoms with Crippen LogP contribution in [0.1, 0.15) is 11.6 Å². The van der Waals surface area contributed by atoms with E-state index < -0.39 is 0 Å². The zero-order chi connectivity index (χ0) is 9.97. The maximum absolute atomic E-state index is 6.00. The monoisotopic (exact) mass is 267 g/mol. The maximum atomic E-state index is 6.00. The third kappa shape index (κ3) is 3.20. The van der Waals surface area contributed by atoms with Crippen LogP contribution in [-0.4, -0.2) is 24.6 Å². The molecule has 2 rings (SSSR count). The molecule has 2 N–H and O–H groups in total. The van der Waals surface area contributed by atoms with Crippen molar-refractivity contribution in [2.24, 2.45) is 0 Å². The molecular weight excluding hydrogens is 256 g/mol. The standard InChI is InChI=1S/C9H11Cl2N3.ClH/c10-8-2-1-6(9(11)14-8)7-5-12-3-4-13-7;/h1-2,7,12-13H,3-5H2;1H/t7-;/m0./s1. The minimum absolute atomic E-state index is 0. The first-order valence-corrected chi connectivity index (χ1v) is 5.29. The van der Waals surface area contributed by atoms with Gasteiger partial charge in [0.1, 0.15) is 10.3 Å². The van der Waals surface area contributed by atoms with E-state index in [9.17, 15) is 0 Å². The lowest BCUT2D eigenvalue weighted by Gasteiger charge is -2.25. The fourth-order valence-corrected chi connectivity index (χ4v) is 2.03. The van der Waals surface area contributed by atoms with Crippen LogP contribution in [0.4, 0.5) is 0 Å². The van der Waals surface area contributed by atoms with E-state index in [1.807, 2.05) is 6.07 Å². The second-order valence-corrected chi connectivity index (χ2v) is 3.97. The highest BCUT2D eigenvalue weighted by atomic mass is 35.5. The van der Waals surface area contributed by atoms with Gasteiger partial charge in [-0.3, -0.25) is 0 Å². The van der Waals surface area contributed by atoms with Crippen molar-refractivity contribution in [3.8, 4) is 0 Å². The fraction of sp³-hybridized carbons (Fsp3) is 0.444. The number of hydrogen-bond donors (Lipinski definition) is 2. The Morgan fingerprint density at radius 1 is 1.27 bits per heavy atom. The summed E-state index contributed by atoms with van der Waals surface area (Å²) in [5, 5.41) is 7.58. The van der Waals surface area contributed by atoms with E-state index in [1.165, 1.54) is 0 Å². The predicted molar refractivity (Wildman–Crippen MR) is 65.1 cm³/mol. The molecule has 1 atom stereocenters. The number of halogens is 3. The van der Waals surface area contributed by atoms with Crippen LogP contribution in [0.5, 0.6) is 0 Å². The first-order valence-electron chi connectivity index (χ1n) is 4.53. The molecule has 84 valence electrons. The first kappa shape index (κ1) is 13.0. The van der Waals surface area contributed by atoms with Crippen LogP contribution < -0.4 is 10.6 Å². The van der Waals surface area contributed by atoms with Crippen LogP contribution in [0.15, 0.2) is 12.1 Å². The zero-order valence-electron chi connectivity index (χ0n) is 7.96. The maximum Gasteiger partial charge on any atom is 0.135 e. The molecule has 1 aromatic heterocycles. The molecule has 2 heterocycles. The lowest BCUT2D eigenvalue weighted by molar-refractivity contribution is 0.429. The van der Waals surface area contributed by atoms with Gasteiger partial charge in [0.15, 0.2) is 0 Å². The van der Waals surface area contributed by atoms with Crippen LogP contribution >= 0.6 is 35.6 Å². The quantitative estimate of drug-likeness (QED) is 0.766. The van der Waals surface area contributed by atoms with Crippen LogP contribution in [0.25, 0.3) is 0 Å². The molecular formula is C9H12Cl3N3. The Bertz CT molecular complexity index is 326. The molecule has 1 aromatic rings. The molecule has 1 fully saturated rings. The molecule has 15 heavy (non-hydrogen) atoms. The Morgan fingerprint density at radius 2 is 2.07 bits per heavy atom. The van der Waals surface area contributed by atoms with Gasteiger partial charge in [0.2, 0.25) is 0 Å². The number of nitrogens with zero attached hydrogens (tertiary/aromatic N) is 1. The zero-order valence-corrected chi connectivity index (χ0v) is 10.3. The molecule has 0 bridgehead atoms. The van der Waals surface area contributed by atoms with Gasteiger partial charge in [-0.1, -0.05) is 29.3 Å². The summed E-state index contributed by atoms with van der Waals surface area (Å²) in [6, 6.07) is 3.92. The Kier molecular flexibility index (Phi) is 5.09. The lowest BCUT2D eigenvalue weighted by Crippen LogP contribution is -2.42. The van der Waals surface area contributed by atoms with Crippen molar-refractivity contribution >= 4 is 35.6 Å². The summed E-state index contributed by atoms with van der Waals surface area (Å²) in [4.78, 5) is 4.01. The van der Waals surface area contributed by atoms with Gasteiger partial charge < -0.3 is 10.6 Å². The average Bonchev–Trinajstić information content (AvgIpc) is 2.19. The molecule has 6 heteroatoms. The summed E-state index contributed by atoms with van der Waals surface area (Å²) >= 11 is 11.7. The summed E-state index contributed by atoms with van der Waals surface area (Å²) in [5.74, 6) is 0. The van der Waals surface area contributed by atoms with E-state index in [1.54, 1.807) is 6.07 Å². The highest BCUT2D eigenvalue weighted by Gasteiger charge is 2.17. The van der Waals surface area contributed by atoms with E-state index in [4.69, 9.17) is 23.2 Å². The lowest BCUT2D eigenvalue weighted by atomic mass is 10.1. The minimum atomic E-state index is 0. The van der Waals surface area contributed by atoms with Crippen molar-refractivity contribution in [3.63, 3.8) is 0 Å². The van der Waals surface area contributed by atoms with Gasteiger partial charge >= 0.3 is 0 Å². The van der Waals surface area contributed by atoms with Gasteiger partial charge in [-0.05, 0) is 6.07 Å². The second-order valence-electron chi connectivity index (χ2n) is 3.22. The molecule has 0 unspecified atom stereocenters. The van der Waals surface area contributed by atoms with Gasteiger partial charge in [-0.2, -0.15) is 0 Å². The third-order valence-electron chi connectivity index (χ3n) is 2.26. The Balaban J connectivity index is 0.00000112. The Labute approximate surface area is 105 Å². The molecule has 0 spiro atoms. The summed E-state index contributed by atoms with van der Waals surface area (Å²) in [6.07, 6.45) is 0. The average molecular weight is 269 g/mol. The van der Waals surface area contributed by atoms with Crippen LogP contribution in [0.2, 0.25) is 10.3 Å². The van der Waals surface area contributed by atoms with E-state index >= 15 is 0 Å². The highest BCUT2D eigenvalue weighted by molar-refractivity contribution is 6.32. The summed E-state index contributed by atoms with van der Waals surface area (Å²) < 4.78 is 0. The van der Waals surface area contributed by atoms with Crippen molar-refractivity contribution < 1.29 is 0 Å². The largest absolute Gasteiger partial charge is 0.314 e. The molecule has 1 aliphatic rings. The van der Waals surface area contributed by atoms with Crippen molar-refractivity contribution in [3.05, 3.63) is 28.0 Å². The van der Waals surface area contributed by atoms with Gasteiger partial charge in [-0.25, -0.2) is 4.98 Å². The van der Waals surface area contributed by atoms with Crippen molar-refractivity contribution in [2.45, 2.75) is 6.04 Å². The van der Waals surface area contributed by atoms with Crippen LogP contribution in [-0.2, 0) is 0 Å². The molecule has 0 aliphatic carbocycles. The molecule has 1 aliphatic heterocycles. The first-order chi connectivity index (χ1) is 6.77. The normalized spacial score (nSPS) is 20.8. The van der Waals surface area contributed by atoms with Crippen LogP contribution in [0, 0.1) is 0 Å². The highest BCUT2D eigenvalue weighted by Crippen LogP contribution is 2.23. The number of rotatable bonds is 1. The number of pyridine rings is 1.